The number of halogens is 5. The third kappa shape index (κ3) is 2.35. The normalized spacial score (nSPS) is 18.9. The van der Waals surface area contributed by atoms with Crippen molar-refractivity contribution in [1.29, 1.82) is 0 Å². The summed E-state index contributed by atoms with van der Waals surface area (Å²) in [6.07, 6.45) is -9.85. The van der Waals surface area contributed by atoms with E-state index in [2.05, 4.69) is 0 Å². The molecule has 0 aliphatic carbocycles. The molecule has 0 aromatic heterocycles. The number of hydrogen-bond donors (Lipinski definition) is 1. The molecule has 2 unspecified atom stereocenters. The molecule has 2 atom stereocenters. The molecular weight excluding hydrogens is 211 g/mol. The van der Waals surface area contributed by atoms with Gasteiger partial charge in [-0.25, -0.2) is 0 Å². The van der Waals surface area contributed by atoms with E-state index in [1.54, 1.807) is 0 Å². The van der Waals surface area contributed by atoms with Crippen LogP contribution in [0.15, 0.2) is 0 Å². The third-order valence-corrected chi connectivity index (χ3v) is 1.52. The van der Waals surface area contributed by atoms with Crippen molar-refractivity contribution < 1.29 is 35.8 Å². The molecule has 0 aromatic carbocycles. The van der Waals surface area contributed by atoms with Gasteiger partial charge in [0.2, 0.25) is 6.10 Å². The molecule has 0 rings (SSSR count). The fourth-order valence-electron chi connectivity index (χ4n) is 0.282. The summed E-state index contributed by atoms with van der Waals surface area (Å²) in [7, 11) is 0. The van der Waals surface area contributed by atoms with E-state index in [-0.39, 0.29) is 0 Å². The Bertz CT molecular complexity index is 189. The maximum atomic E-state index is 11.9. The Balaban J connectivity index is 4.69. The van der Waals surface area contributed by atoms with Gasteiger partial charge < -0.3 is 9.66 Å². The molecule has 0 amide bonds. The highest BCUT2D eigenvalue weighted by atomic mass is 32.2. The summed E-state index contributed by atoms with van der Waals surface area (Å²) in [5.74, 6) is 0. The van der Waals surface area contributed by atoms with E-state index in [4.69, 9.17) is 5.11 Å². The summed E-state index contributed by atoms with van der Waals surface area (Å²) >= 11 is -4.31. The first kappa shape index (κ1) is 11.7. The minimum atomic E-state index is -5.66. The van der Waals surface area contributed by atoms with Crippen molar-refractivity contribution >= 4 is 11.1 Å². The van der Waals surface area contributed by atoms with Gasteiger partial charge in [0, 0.05) is 11.1 Å². The molecule has 9 heteroatoms. The zero-order valence-electron chi connectivity index (χ0n) is 5.14. The largest absolute Gasteiger partial charge is 0.768 e. The molecular formula is C3H2F5O3S-. The Morgan fingerprint density at radius 1 is 1.25 bits per heavy atom. The smallest absolute Gasteiger partial charge is 0.421 e. The van der Waals surface area contributed by atoms with Crippen LogP contribution >= 0.6 is 0 Å². The first-order chi connectivity index (χ1) is 5.10. The van der Waals surface area contributed by atoms with Crippen molar-refractivity contribution in [1.82, 2.24) is 0 Å². The fourth-order valence-corrected chi connectivity index (χ4v) is 0.598. The van der Waals surface area contributed by atoms with Crippen LogP contribution in [0.4, 0.5) is 22.0 Å². The highest BCUT2D eigenvalue weighted by Gasteiger charge is 2.56. The van der Waals surface area contributed by atoms with Crippen molar-refractivity contribution in [3.8, 4) is 0 Å². The van der Waals surface area contributed by atoms with Crippen LogP contribution in [0.1, 0.15) is 0 Å². The van der Waals surface area contributed by atoms with E-state index >= 15 is 0 Å². The molecule has 74 valence electrons. The third-order valence-electron chi connectivity index (χ3n) is 0.851. The topological polar surface area (TPSA) is 60.4 Å². The Labute approximate surface area is 65.5 Å². The number of alkyl halides is 5. The Hall–Kier alpha value is -0.280. The van der Waals surface area contributed by atoms with Crippen LogP contribution in [-0.4, -0.2) is 31.4 Å². The standard InChI is InChI=1S/C3H3F5O3S/c4-2(5,6)1(9)3(7,8)12(10)11/h1,9H,(H,10,11)/p-1. The van der Waals surface area contributed by atoms with Gasteiger partial charge in [-0.2, -0.15) is 22.0 Å². The zero-order valence-corrected chi connectivity index (χ0v) is 5.96. The summed E-state index contributed by atoms with van der Waals surface area (Å²) in [5.41, 5.74) is 0. The Kier molecular flexibility index (Phi) is 3.15. The zero-order chi connectivity index (χ0) is 10.2. The number of aliphatic hydroxyl groups excluding tert-OH is 1. The second-order valence-corrected chi connectivity index (χ2v) is 2.75. The van der Waals surface area contributed by atoms with Crippen LogP contribution in [0.3, 0.4) is 0 Å². The van der Waals surface area contributed by atoms with E-state index in [1.165, 1.54) is 0 Å². The predicted octanol–water partition coefficient (Wildman–Crippen LogP) is 0.382. The van der Waals surface area contributed by atoms with Crippen molar-refractivity contribution in [2.24, 2.45) is 0 Å². The van der Waals surface area contributed by atoms with Crippen LogP contribution in [0.2, 0.25) is 0 Å². The molecule has 0 aliphatic rings. The highest BCUT2D eigenvalue weighted by Crippen LogP contribution is 2.33. The second-order valence-electron chi connectivity index (χ2n) is 1.74. The van der Waals surface area contributed by atoms with Crippen molar-refractivity contribution in [3.05, 3.63) is 0 Å². The van der Waals surface area contributed by atoms with E-state index in [0.29, 0.717) is 0 Å². The second kappa shape index (κ2) is 3.23. The summed E-state index contributed by atoms with van der Waals surface area (Å²) in [6, 6.07) is 0. The van der Waals surface area contributed by atoms with Crippen LogP contribution in [0, 0.1) is 0 Å². The van der Waals surface area contributed by atoms with Gasteiger partial charge in [0.15, 0.2) is 0 Å². The first-order valence-electron chi connectivity index (χ1n) is 2.32. The molecule has 0 saturated carbocycles. The molecule has 0 fully saturated rings. The lowest BCUT2D eigenvalue weighted by molar-refractivity contribution is -0.247. The van der Waals surface area contributed by atoms with Gasteiger partial charge in [0.05, 0.1) is 0 Å². The highest BCUT2D eigenvalue weighted by molar-refractivity contribution is 7.80. The number of aliphatic hydroxyl groups is 1. The average molecular weight is 213 g/mol. The molecule has 0 aliphatic heterocycles. The van der Waals surface area contributed by atoms with Gasteiger partial charge in [-0.3, -0.25) is 4.21 Å². The quantitative estimate of drug-likeness (QED) is 0.532. The molecule has 0 spiro atoms. The Morgan fingerprint density at radius 3 is 1.67 bits per heavy atom. The SMILES string of the molecule is O=S([O-])C(F)(F)C(O)C(F)(F)F. The van der Waals surface area contributed by atoms with E-state index in [0.717, 1.165) is 0 Å². The summed E-state index contributed by atoms with van der Waals surface area (Å²) in [4.78, 5) is 0. The minimum Gasteiger partial charge on any atom is -0.768 e. The summed E-state index contributed by atoms with van der Waals surface area (Å²) in [5, 5.41) is 2.61. The first-order valence-corrected chi connectivity index (χ1v) is 3.39. The van der Waals surface area contributed by atoms with E-state index < -0.39 is 28.6 Å². The maximum Gasteiger partial charge on any atom is 0.421 e. The lowest BCUT2D eigenvalue weighted by Crippen LogP contribution is -2.47. The Morgan fingerprint density at radius 2 is 1.58 bits per heavy atom. The summed E-state index contributed by atoms with van der Waals surface area (Å²) in [6.45, 7) is 0. The lowest BCUT2D eigenvalue weighted by atomic mass is 10.4. The summed E-state index contributed by atoms with van der Waals surface area (Å²) < 4.78 is 76.6. The fraction of sp³-hybridized carbons (Fsp3) is 1.00. The van der Waals surface area contributed by atoms with Gasteiger partial charge in [-0.15, -0.1) is 0 Å². The molecule has 0 bridgehead atoms. The van der Waals surface area contributed by atoms with Crippen LogP contribution in [0.5, 0.6) is 0 Å². The molecule has 12 heavy (non-hydrogen) atoms. The minimum absolute atomic E-state index is 4.19. The molecule has 0 radical (unpaired) electrons. The van der Waals surface area contributed by atoms with Gasteiger partial charge in [0.25, 0.3) is 0 Å². The van der Waals surface area contributed by atoms with Crippen LogP contribution < -0.4 is 0 Å². The molecule has 0 heterocycles. The van der Waals surface area contributed by atoms with Crippen LogP contribution in [0.25, 0.3) is 0 Å². The molecule has 0 aromatic rings. The molecule has 0 saturated heterocycles. The van der Waals surface area contributed by atoms with Gasteiger partial charge >= 0.3 is 11.4 Å². The van der Waals surface area contributed by atoms with Gasteiger partial charge in [-0.1, -0.05) is 0 Å². The van der Waals surface area contributed by atoms with Crippen molar-refractivity contribution in [2.75, 3.05) is 0 Å². The predicted molar refractivity (Wildman–Crippen MR) is 25.9 cm³/mol. The van der Waals surface area contributed by atoms with E-state index in [1.807, 2.05) is 0 Å². The lowest BCUT2D eigenvalue weighted by Gasteiger charge is -2.25. The molecule has 3 nitrogen and oxygen atoms in total. The number of hydrogen-bond acceptors (Lipinski definition) is 3. The monoisotopic (exact) mass is 213 g/mol. The van der Waals surface area contributed by atoms with Crippen molar-refractivity contribution in [3.63, 3.8) is 0 Å². The van der Waals surface area contributed by atoms with Gasteiger partial charge in [0.1, 0.15) is 0 Å². The van der Waals surface area contributed by atoms with Crippen molar-refractivity contribution in [2.45, 2.75) is 17.5 Å². The van der Waals surface area contributed by atoms with Gasteiger partial charge in [-0.05, 0) is 0 Å². The average Bonchev–Trinajstić information content (AvgIpc) is 1.83. The maximum absolute atomic E-state index is 11.9. The van der Waals surface area contributed by atoms with E-state index in [9.17, 15) is 30.7 Å². The molecule has 1 N–H and O–H groups in total. The number of rotatable bonds is 2. The van der Waals surface area contributed by atoms with Crippen LogP contribution in [-0.2, 0) is 11.1 Å².